The molecule has 3 aromatic carbocycles. The average Bonchev–Trinajstić information content (AvgIpc) is 2.73. The summed E-state index contributed by atoms with van der Waals surface area (Å²) in [7, 11) is -3.85. The summed E-state index contributed by atoms with van der Waals surface area (Å²) >= 11 is 5.80. The van der Waals surface area contributed by atoms with Crippen molar-refractivity contribution in [3.8, 4) is 5.75 Å². The van der Waals surface area contributed by atoms with Gasteiger partial charge in [0.2, 0.25) is 0 Å². The fourth-order valence-corrected chi connectivity index (χ4v) is 3.67. The molecule has 30 heavy (non-hydrogen) atoms. The number of carbonyl (C=O) groups is 1. The second kappa shape index (κ2) is 9.60. The number of ether oxygens (including phenoxy) is 1. The first-order valence-corrected chi connectivity index (χ1v) is 10.7. The molecule has 0 unspecified atom stereocenters. The van der Waals surface area contributed by atoms with Gasteiger partial charge in [-0.25, -0.2) is 12.8 Å². The minimum atomic E-state index is -3.85. The van der Waals surface area contributed by atoms with Crippen LogP contribution in [0.5, 0.6) is 5.75 Å². The third-order valence-electron chi connectivity index (χ3n) is 3.99. The molecule has 0 bridgehead atoms. The van der Waals surface area contributed by atoms with Crippen LogP contribution < -0.4 is 14.8 Å². The summed E-state index contributed by atoms with van der Waals surface area (Å²) in [6.45, 7) is 0.573. The SMILES string of the molecule is O=C(NCCOc1ccc(Cl)cc1)c1ccc(NS(=O)(=O)c2ccc(F)cc2)cc1. The fraction of sp³-hybridized carbons (Fsp3) is 0.0952. The Balaban J connectivity index is 1.51. The Bertz CT molecular complexity index is 1100. The van der Waals surface area contributed by atoms with E-state index in [2.05, 4.69) is 10.0 Å². The number of carbonyl (C=O) groups excluding carboxylic acids is 1. The highest BCUT2D eigenvalue weighted by Crippen LogP contribution is 2.17. The van der Waals surface area contributed by atoms with E-state index in [9.17, 15) is 17.6 Å². The topological polar surface area (TPSA) is 84.5 Å². The van der Waals surface area contributed by atoms with Crippen molar-refractivity contribution in [2.24, 2.45) is 0 Å². The molecule has 156 valence electrons. The third kappa shape index (κ3) is 5.95. The quantitative estimate of drug-likeness (QED) is 0.508. The van der Waals surface area contributed by atoms with Crippen LogP contribution in [0.1, 0.15) is 10.4 Å². The van der Waals surface area contributed by atoms with Crippen LogP contribution in [0, 0.1) is 5.82 Å². The molecule has 9 heteroatoms. The zero-order chi connectivity index (χ0) is 21.6. The van der Waals surface area contributed by atoms with Gasteiger partial charge < -0.3 is 10.1 Å². The first-order valence-electron chi connectivity index (χ1n) is 8.88. The number of nitrogens with one attached hydrogen (secondary N) is 2. The molecule has 0 radical (unpaired) electrons. The van der Waals surface area contributed by atoms with Gasteiger partial charge in [-0.3, -0.25) is 9.52 Å². The van der Waals surface area contributed by atoms with Crippen LogP contribution in [0.2, 0.25) is 5.02 Å². The van der Waals surface area contributed by atoms with E-state index >= 15 is 0 Å². The zero-order valence-electron chi connectivity index (χ0n) is 15.6. The van der Waals surface area contributed by atoms with Gasteiger partial charge in [0.15, 0.2) is 0 Å². The second-order valence-corrected chi connectivity index (χ2v) is 8.31. The van der Waals surface area contributed by atoms with E-state index in [1.54, 1.807) is 24.3 Å². The number of halogens is 2. The Morgan fingerprint density at radius 1 is 0.933 bits per heavy atom. The predicted molar refractivity (Wildman–Crippen MR) is 113 cm³/mol. The van der Waals surface area contributed by atoms with E-state index in [0.29, 0.717) is 22.9 Å². The van der Waals surface area contributed by atoms with Crippen LogP contribution in [-0.2, 0) is 10.0 Å². The maximum absolute atomic E-state index is 13.0. The molecular weight excluding hydrogens is 431 g/mol. The van der Waals surface area contributed by atoms with Crippen LogP contribution in [0.4, 0.5) is 10.1 Å². The fourth-order valence-electron chi connectivity index (χ4n) is 2.48. The molecule has 0 spiro atoms. The van der Waals surface area contributed by atoms with Crippen molar-refractivity contribution in [2.75, 3.05) is 17.9 Å². The average molecular weight is 449 g/mol. The Morgan fingerprint density at radius 2 is 1.57 bits per heavy atom. The number of amides is 1. The Labute approximate surface area is 178 Å². The highest BCUT2D eigenvalue weighted by molar-refractivity contribution is 7.92. The molecule has 0 aromatic heterocycles. The minimum Gasteiger partial charge on any atom is -0.492 e. The third-order valence-corrected chi connectivity index (χ3v) is 5.64. The van der Waals surface area contributed by atoms with Crippen molar-refractivity contribution in [1.82, 2.24) is 5.32 Å². The molecule has 1 amide bonds. The van der Waals surface area contributed by atoms with Crippen molar-refractivity contribution < 1.29 is 22.3 Å². The summed E-state index contributed by atoms with van der Waals surface area (Å²) in [6, 6.07) is 17.3. The van der Waals surface area contributed by atoms with E-state index in [0.717, 1.165) is 12.1 Å². The number of rotatable bonds is 8. The van der Waals surface area contributed by atoms with Crippen LogP contribution >= 0.6 is 11.6 Å². The lowest BCUT2D eigenvalue weighted by molar-refractivity contribution is 0.0947. The summed E-state index contributed by atoms with van der Waals surface area (Å²) in [6.07, 6.45) is 0. The van der Waals surface area contributed by atoms with Crippen molar-refractivity contribution in [2.45, 2.75) is 4.90 Å². The standard InChI is InChI=1S/C21H18ClFN2O4S/c22-16-3-9-19(10-4-16)29-14-13-24-21(26)15-1-7-18(8-2-15)25-30(27,28)20-11-5-17(23)6-12-20/h1-12,25H,13-14H2,(H,24,26). The Morgan fingerprint density at radius 3 is 2.20 bits per heavy atom. The van der Waals surface area contributed by atoms with Gasteiger partial charge in [-0.1, -0.05) is 11.6 Å². The molecule has 3 rings (SSSR count). The lowest BCUT2D eigenvalue weighted by Crippen LogP contribution is -2.28. The molecule has 0 aliphatic heterocycles. The number of sulfonamides is 1. The van der Waals surface area contributed by atoms with Gasteiger partial charge in [0, 0.05) is 16.3 Å². The number of anilines is 1. The number of hydrogen-bond acceptors (Lipinski definition) is 4. The van der Waals surface area contributed by atoms with Crippen LogP contribution in [0.25, 0.3) is 0 Å². The zero-order valence-corrected chi connectivity index (χ0v) is 17.2. The molecule has 0 atom stereocenters. The van der Waals surface area contributed by atoms with Crippen molar-refractivity contribution in [3.63, 3.8) is 0 Å². The van der Waals surface area contributed by atoms with E-state index in [4.69, 9.17) is 16.3 Å². The number of hydrogen-bond donors (Lipinski definition) is 2. The summed E-state index contributed by atoms with van der Waals surface area (Å²) in [5, 5.41) is 3.33. The molecule has 0 aliphatic rings. The predicted octanol–water partition coefficient (Wildman–Crippen LogP) is 4.09. The van der Waals surface area contributed by atoms with E-state index in [1.165, 1.54) is 36.4 Å². The van der Waals surface area contributed by atoms with Gasteiger partial charge >= 0.3 is 0 Å². The maximum atomic E-state index is 13.0. The second-order valence-electron chi connectivity index (χ2n) is 6.20. The molecule has 0 saturated carbocycles. The van der Waals surface area contributed by atoms with Crippen molar-refractivity contribution in [3.05, 3.63) is 89.2 Å². The lowest BCUT2D eigenvalue weighted by Gasteiger charge is -2.10. The highest BCUT2D eigenvalue weighted by atomic mass is 35.5. The summed E-state index contributed by atoms with van der Waals surface area (Å²) in [5.74, 6) is -0.197. The van der Waals surface area contributed by atoms with Gasteiger partial charge in [-0.15, -0.1) is 0 Å². The first kappa shape index (κ1) is 21.6. The summed E-state index contributed by atoms with van der Waals surface area (Å²) in [5.41, 5.74) is 0.646. The molecule has 0 saturated heterocycles. The molecule has 3 aromatic rings. The van der Waals surface area contributed by atoms with E-state index < -0.39 is 15.8 Å². The summed E-state index contributed by atoms with van der Waals surface area (Å²) in [4.78, 5) is 12.1. The molecule has 0 aliphatic carbocycles. The molecule has 2 N–H and O–H groups in total. The van der Waals surface area contributed by atoms with Gasteiger partial charge in [-0.2, -0.15) is 0 Å². The van der Waals surface area contributed by atoms with Gasteiger partial charge in [-0.05, 0) is 72.8 Å². The van der Waals surface area contributed by atoms with E-state index in [1.807, 2.05) is 0 Å². The van der Waals surface area contributed by atoms with Gasteiger partial charge in [0.05, 0.1) is 11.4 Å². The van der Waals surface area contributed by atoms with Crippen LogP contribution in [-0.4, -0.2) is 27.5 Å². The van der Waals surface area contributed by atoms with Crippen molar-refractivity contribution in [1.29, 1.82) is 0 Å². The van der Waals surface area contributed by atoms with E-state index in [-0.39, 0.29) is 23.1 Å². The Hall–Kier alpha value is -3.10. The van der Waals surface area contributed by atoms with Gasteiger partial charge in [0.1, 0.15) is 18.2 Å². The highest BCUT2D eigenvalue weighted by Gasteiger charge is 2.14. The van der Waals surface area contributed by atoms with Gasteiger partial charge in [0.25, 0.3) is 15.9 Å². The lowest BCUT2D eigenvalue weighted by atomic mass is 10.2. The number of benzene rings is 3. The smallest absolute Gasteiger partial charge is 0.261 e. The molecule has 0 heterocycles. The normalized spacial score (nSPS) is 11.0. The van der Waals surface area contributed by atoms with Crippen LogP contribution in [0.3, 0.4) is 0 Å². The maximum Gasteiger partial charge on any atom is 0.261 e. The monoisotopic (exact) mass is 448 g/mol. The molecular formula is C21H18ClFN2O4S. The minimum absolute atomic E-state index is 0.0635. The van der Waals surface area contributed by atoms with Crippen LogP contribution in [0.15, 0.2) is 77.7 Å². The Kier molecular flexibility index (Phi) is 6.91. The summed E-state index contributed by atoms with van der Waals surface area (Å²) < 4.78 is 45.5. The molecule has 0 fully saturated rings. The van der Waals surface area contributed by atoms with Crippen molar-refractivity contribution >= 4 is 33.2 Å². The first-order chi connectivity index (χ1) is 14.3. The largest absolute Gasteiger partial charge is 0.492 e. The molecule has 6 nitrogen and oxygen atoms in total.